The molecule has 0 aliphatic carbocycles. The van der Waals surface area contributed by atoms with E-state index in [1.807, 2.05) is 0 Å². The van der Waals surface area contributed by atoms with Gasteiger partial charge in [0.1, 0.15) is 0 Å². The van der Waals surface area contributed by atoms with Crippen LogP contribution < -0.4 is 5.32 Å². The normalized spacial score (nSPS) is 12.3. The molecule has 0 saturated heterocycles. The highest BCUT2D eigenvalue weighted by molar-refractivity contribution is 7.89. The van der Waals surface area contributed by atoms with Gasteiger partial charge < -0.3 is 10.3 Å². The van der Waals surface area contributed by atoms with Gasteiger partial charge in [-0.1, -0.05) is 0 Å². The maximum Gasteiger partial charge on any atom is 0.244 e. The Labute approximate surface area is 84.2 Å². The van der Waals surface area contributed by atoms with Gasteiger partial charge >= 0.3 is 0 Å². The van der Waals surface area contributed by atoms with Gasteiger partial charge in [-0.25, -0.2) is 12.7 Å². The van der Waals surface area contributed by atoms with Gasteiger partial charge in [-0.3, -0.25) is 0 Å². The van der Waals surface area contributed by atoms with E-state index in [0.29, 0.717) is 11.4 Å². The summed E-state index contributed by atoms with van der Waals surface area (Å²) in [5.74, 6) is 0. The molecule has 5 nitrogen and oxygen atoms in total. The zero-order chi connectivity index (χ0) is 10.8. The summed E-state index contributed by atoms with van der Waals surface area (Å²) in [6, 6.07) is 1.63. The molecule has 14 heavy (non-hydrogen) atoms. The number of H-pyrrole nitrogens is 1. The molecule has 0 atom stereocenters. The number of sulfonamides is 1. The Hall–Kier alpha value is -0.850. The van der Waals surface area contributed by atoms with E-state index in [0.717, 1.165) is 5.69 Å². The summed E-state index contributed by atoms with van der Waals surface area (Å²) < 4.78 is 24.5. The molecular formula is C8H15N3O2S. The van der Waals surface area contributed by atoms with Gasteiger partial charge in [0.25, 0.3) is 0 Å². The van der Waals surface area contributed by atoms with Crippen molar-refractivity contribution in [2.75, 3.05) is 21.1 Å². The van der Waals surface area contributed by atoms with Gasteiger partial charge in [-0.2, -0.15) is 0 Å². The van der Waals surface area contributed by atoms with Crippen molar-refractivity contribution in [1.29, 1.82) is 0 Å². The SMILES string of the molecule is CNCc1cc(S(=O)(=O)N(C)C)c[nH]1. The zero-order valence-corrected chi connectivity index (χ0v) is 9.35. The quantitative estimate of drug-likeness (QED) is 0.745. The third kappa shape index (κ3) is 2.14. The minimum absolute atomic E-state index is 0.299. The van der Waals surface area contributed by atoms with E-state index in [9.17, 15) is 8.42 Å². The van der Waals surface area contributed by atoms with Crippen LogP contribution in [0.15, 0.2) is 17.2 Å². The molecule has 0 amide bonds. The lowest BCUT2D eigenvalue weighted by atomic mass is 10.4. The van der Waals surface area contributed by atoms with Crippen molar-refractivity contribution >= 4 is 10.0 Å². The van der Waals surface area contributed by atoms with Crippen molar-refractivity contribution in [3.05, 3.63) is 18.0 Å². The molecule has 0 aliphatic rings. The molecule has 6 heteroatoms. The van der Waals surface area contributed by atoms with E-state index < -0.39 is 10.0 Å². The summed E-state index contributed by atoms with van der Waals surface area (Å²) in [6.45, 7) is 0.628. The molecule has 80 valence electrons. The number of rotatable bonds is 4. The number of hydrogen-bond donors (Lipinski definition) is 2. The minimum Gasteiger partial charge on any atom is -0.363 e. The van der Waals surface area contributed by atoms with Crippen molar-refractivity contribution in [1.82, 2.24) is 14.6 Å². The molecule has 0 aliphatic heterocycles. The smallest absolute Gasteiger partial charge is 0.244 e. The molecule has 0 radical (unpaired) electrons. The number of nitrogens with one attached hydrogen (secondary N) is 2. The third-order valence-electron chi connectivity index (χ3n) is 1.86. The highest BCUT2D eigenvalue weighted by Gasteiger charge is 2.18. The first kappa shape index (κ1) is 11.2. The van der Waals surface area contributed by atoms with E-state index in [1.54, 1.807) is 13.1 Å². The van der Waals surface area contributed by atoms with E-state index in [-0.39, 0.29) is 0 Å². The average Bonchev–Trinajstić information content (AvgIpc) is 2.53. The third-order valence-corrected chi connectivity index (χ3v) is 3.65. The van der Waals surface area contributed by atoms with Crippen LogP contribution in [0.4, 0.5) is 0 Å². The van der Waals surface area contributed by atoms with Crippen LogP contribution in [-0.4, -0.2) is 38.9 Å². The molecule has 2 N–H and O–H groups in total. The van der Waals surface area contributed by atoms with Crippen LogP contribution in [0.2, 0.25) is 0 Å². The maximum absolute atomic E-state index is 11.6. The highest BCUT2D eigenvalue weighted by atomic mass is 32.2. The van der Waals surface area contributed by atoms with E-state index in [1.165, 1.54) is 24.6 Å². The second-order valence-electron chi connectivity index (χ2n) is 3.18. The van der Waals surface area contributed by atoms with Crippen LogP contribution in [0.3, 0.4) is 0 Å². The standard InChI is InChI=1S/C8H15N3O2S/c1-9-5-7-4-8(6-10-7)14(12,13)11(2)3/h4,6,9-10H,5H2,1-3H3. The van der Waals surface area contributed by atoms with Crippen molar-refractivity contribution in [3.8, 4) is 0 Å². The molecule has 0 aromatic carbocycles. The molecule has 1 heterocycles. The van der Waals surface area contributed by atoms with E-state index in [2.05, 4.69) is 10.3 Å². The Bertz CT molecular complexity index is 394. The predicted molar refractivity (Wildman–Crippen MR) is 54.4 cm³/mol. The van der Waals surface area contributed by atoms with Gasteiger partial charge in [-0.05, 0) is 13.1 Å². The Morgan fingerprint density at radius 3 is 2.64 bits per heavy atom. The van der Waals surface area contributed by atoms with Crippen molar-refractivity contribution in [2.45, 2.75) is 11.4 Å². The molecule has 0 bridgehead atoms. The van der Waals surface area contributed by atoms with E-state index in [4.69, 9.17) is 0 Å². The molecule has 0 unspecified atom stereocenters. The van der Waals surface area contributed by atoms with Crippen LogP contribution in [0.25, 0.3) is 0 Å². The van der Waals surface area contributed by atoms with Gasteiger partial charge in [0.05, 0.1) is 4.90 Å². The number of aromatic amines is 1. The Morgan fingerprint density at radius 1 is 1.50 bits per heavy atom. The molecule has 0 spiro atoms. The van der Waals surface area contributed by atoms with Crippen molar-refractivity contribution in [2.24, 2.45) is 0 Å². The van der Waals surface area contributed by atoms with Gasteiger partial charge in [0.15, 0.2) is 0 Å². The van der Waals surface area contributed by atoms with Crippen LogP contribution in [0.5, 0.6) is 0 Å². The second kappa shape index (κ2) is 4.12. The molecule has 1 aromatic rings. The fourth-order valence-corrected chi connectivity index (χ4v) is 1.99. The lowest BCUT2D eigenvalue weighted by Gasteiger charge is -2.08. The first-order valence-electron chi connectivity index (χ1n) is 4.23. The number of hydrogen-bond acceptors (Lipinski definition) is 3. The predicted octanol–water partition coefficient (Wildman–Crippen LogP) is -0.0156. The first-order chi connectivity index (χ1) is 6.48. The van der Waals surface area contributed by atoms with Crippen LogP contribution in [0.1, 0.15) is 5.69 Å². The van der Waals surface area contributed by atoms with Crippen LogP contribution in [-0.2, 0) is 16.6 Å². The number of aromatic nitrogens is 1. The van der Waals surface area contributed by atoms with Crippen LogP contribution >= 0.6 is 0 Å². The Morgan fingerprint density at radius 2 is 2.14 bits per heavy atom. The van der Waals surface area contributed by atoms with Gasteiger partial charge in [0.2, 0.25) is 10.0 Å². The van der Waals surface area contributed by atoms with Crippen molar-refractivity contribution < 1.29 is 8.42 Å². The topological polar surface area (TPSA) is 65.2 Å². The second-order valence-corrected chi connectivity index (χ2v) is 5.33. The number of nitrogens with zero attached hydrogens (tertiary/aromatic N) is 1. The summed E-state index contributed by atoms with van der Waals surface area (Å²) in [4.78, 5) is 3.20. The minimum atomic E-state index is -3.30. The Balaban J connectivity index is 2.98. The molecule has 0 saturated carbocycles. The Kier molecular flexibility index (Phi) is 3.30. The zero-order valence-electron chi connectivity index (χ0n) is 8.53. The molecular weight excluding hydrogens is 202 g/mol. The molecule has 1 aromatic heterocycles. The highest BCUT2D eigenvalue weighted by Crippen LogP contribution is 2.13. The lowest BCUT2D eigenvalue weighted by Crippen LogP contribution is -2.21. The summed E-state index contributed by atoms with van der Waals surface area (Å²) in [5, 5.41) is 2.94. The fraction of sp³-hybridized carbons (Fsp3) is 0.500. The lowest BCUT2D eigenvalue weighted by molar-refractivity contribution is 0.521. The summed E-state index contributed by atoms with van der Waals surface area (Å²) in [6.07, 6.45) is 1.50. The first-order valence-corrected chi connectivity index (χ1v) is 5.67. The maximum atomic E-state index is 11.6. The van der Waals surface area contributed by atoms with E-state index >= 15 is 0 Å². The van der Waals surface area contributed by atoms with Gasteiger partial charge in [-0.15, -0.1) is 0 Å². The van der Waals surface area contributed by atoms with Gasteiger partial charge in [0, 0.05) is 32.5 Å². The molecule has 1 rings (SSSR count). The summed E-state index contributed by atoms with van der Waals surface area (Å²) in [5.41, 5.74) is 0.855. The monoisotopic (exact) mass is 217 g/mol. The molecule has 0 fully saturated rings. The summed E-state index contributed by atoms with van der Waals surface area (Å²) >= 11 is 0. The fourth-order valence-electron chi connectivity index (χ4n) is 1.07. The van der Waals surface area contributed by atoms with Crippen LogP contribution in [0, 0.1) is 0 Å². The average molecular weight is 217 g/mol. The largest absolute Gasteiger partial charge is 0.363 e. The summed E-state index contributed by atoms with van der Waals surface area (Å²) in [7, 11) is 1.53. The van der Waals surface area contributed by atoms with Crippen molar-refractivity contribution in [3.63, 3.8) is 0 Å².